The average Bonchev–Trinajstić information content (AvgIpc) is 2.68. The maximum absolute atomic E-state index is 12.7. The fourth-order valence-electron chi connectivity index (χ4n) is 3.38. The number of amides is 2. The van der Waals surface area contributed by atoms with E-state index in [0.717, 1.165) is 11.3 Å². The molecule has 1 aliphatic carbocycles. The Bertz CT molecular complexity index is 938. The fourth-order valence-corrected chi connectivity index (χ4v) is 3.38. The average molecular weight is 394 g/mol. The van der Waals surface area contributed by atoms with Crippen LogP contribution in [-0.2, 0) is 4.79 Å². The zero-order chi connectivity index (χ0) is 21.0. The predicted molar refractivity (Wildman–Crippen MR) is 112 cm³/mol. The van der Waals surface area contributed by atoms with Gasteiger partial charge in [0.2, 0.25) is 5.91 Å². The number of benzene rings is 1. The van der Waals surface area contributed by atoms with Crippen LogP contribution in [0.5, 0.6) is 11.5 Å². The van der Waals surface area contributed by atoms with Crippen LogP contribution in [0.3, 0.4) is 0 Å². The van der Waals surface area contributed by atoms with Crippen LogP contribution in [0.25, 0.3) is 0 Å². The van der Waals surface area contributed by atoms with Gasteiger partial charge in [-0.1, -0.05) is 19.9 Å². The molecule has 6 nitrogen and oxygen atoms in total. The highest BCUT2D eigenvalue weighted by molar-refractivity contribution is 6.14. The molecule has 0 radical (unpaired) electrons. The minimum absolute atomic E-state index is 0.0109. The summed E-state index contributed by atoms with van der Waals surface area (Å²) in [7, 11) is 0. The highest BCUT2D eigenvalue weighted by Gasteiger charge is 2.28. The summed E-state index contributed by atoms with van der Waals surface area (Å²) < 4.78 is 11.1. The van der Waals surface area contributed by atoms with Crippen molar-refractivity contribution in [2.45, 2.75) is 27.7 Å². The van der Waals surface area contributed by atoms with E-state index in [2.05, 4.69) is 24.2 Å². The highest BCUT2D eigenvalue weighted by atomic mass is 16.5. The SMILES string of the molecule is CCOc1ccc(C(=O)N=C2C=CC3C(=C2)NC(=O)C=C3C(C)C)cc1OCC. The van der Waals surface area contributed by atoms with Gasteiger partial charge in [0.1, 0.15) is 0 Å². The Kier molecular flexibility index (Phi) is 6.32. The molecule has 6 heteroatoms. The third-order valence-corrected chi connectivity index (χ3v) is 4.71. The van der Waals surface area contributed by atoms with Crippen molar-refractivity contribution in [3.05, 3.63) is 59.3 Å². The molecule has 1 aromatic carbocycles. The Morgan fingerprint density at radius 3 is 2.55 bits per heavy atom. The number of carbonyl (C=O) groups excluding carboxylic acids is 2. The molecule has 0 aromatic heterocycles. The Hall–Kier alpha value is -3.15. The summed E-state index contributed by atoms with van der Waals surface area (Å²) in [6.45, 7) is 8.86. The lowest BCUT2D eigenvalue weighted by Gasteiger charge is -2.29. The van der Waals surface area contributed by atoms with Gasteiger partial charge < -0.3 is 14.8 Å². The number of nitrogens with one attached hydrogen (secondary N) is 1. The van der Waals surface area contributed by atoms with Crippen LogP contribution in [0, 0.1) is 11.8 Å². The third kappa shape index (κ3) is 4.65. The molecule has 0 spiro atoms. The number of rotatable bonds is 6. The van der Waals surface area contributed by atoms with Crippen LogP contribution in [-0.4, -0.2) is 30.7 Å². The number of allylic oxidation sites excluding steroid dienone is 3. The van der Waals surface area contributed by atoms with E-state index >= 15 is 0 Å². The first-order valence-electron chi connectivity index (χ1n) is 9.87. The maximum Gasteiger partial charge on any atom is 0.277 e. The lowest BCUT2D eigenvalue weighted by atomic mass is 9.82. The minimum atomic E-state index is -0.384. The van der Waals surface area contributed by atoms with Crippen molar-refractivity contribution in [2.24, 2.45) is 16.8 Å². The summed E-state index contributed by atoms with van der Waals surface area (Å²) in [4.78, 5) is 28.9. The first-order chi connectivity index (χ1) is 13.9. The second-order valence-electron chi connectivity index (χ2n) is 7.09. The molecule has 0 bridgehead atoms. The van der Waals surface area contributed by atoms with E-state index in [1.165, 1.54) is 0 Å². The van der Waals surface area contributed by atoms with Crippen molar-refractivity contribution < 1.29 is 19.1 Å². The molecule has 3 rings (SSSR count). The molecule has 1 heterocycles. The van der Waals surface area contributed by atoms with Crippen molar-refractivity contribution in [1.82, 2.24) is 5.32 Å². The van der Waals surface area contributed by atoms with Crippen molar-refractivity contribution in [3.8, 4) is 11.5 Å². The minimum Gasteiger partial charge on any atom is -0.490 e. The first kappa shape index (κ1) is 20.6. The normalized spacial score (nSPS) is 19.4. The van der Waals surface area contributed by atoms with Crippen LogP contribution in [0.4, 0.5) is 0 Å². The van der Waals surface area contributed by atoms with Crippen molar-refractivity contribution in [2.75, 3.05) is 13.2 Å². The zero-order valence-corrected chi connectivity index (χ0v) is 17.2. The van der Waals surface area contributed by atoms with Gasteiger partial charge in [-0.15, -0.1) is 0 Å². The number of fused-ring (bicyclic) bond motifs is 1. The van der Waals surface area contributed by atoms with E-state index in [1.807, 2.05) is 26.0 Å². The summed E-state index contributed by atoms with van der Waals surface area (Å²) in [6, 6.07) is 5.03. The Morgan fingerprint density at radius 2 is 1.86 bits per heavy atom. The molecular formula is C23H26N2O4. The van der Waals surface area contributed by atoms with Crippen molar-refractivity contribution >= 4 is 17.5 Å². The van der Waals surface area contributed by atoms with Crippen molar-refractivity contribution in [3.63, 3.8) is 0 Å². The van der Waals surface area contributed by atoms with Gasteiger partial charge in [-0.05, 0) is 55.7 Å². The van der Waals surface area contributed by atoms with Gasteiger partial charge in [-0.3, -0.25) is 9.59 Å². The molecule has 0 saturated carbocycles. The molecule has 1 aliphatic heterocycles. The topological polar surface area (TPSA) is 77.0 Å². The lowest BCUT2D eigenvalue weighted by Crippen LogP contribution is -2.34. The molecule has 2 aliphatic rings. The van der Waals surface area contributed by atoms with E-state index in [9.17, 15) is 9.59 Å². The molecular weight excluding hydrogens is 368 g/mol. The largest absolute Gasteiger partial charge is 0.490 e. The quantitative estimate of drug-likeness (QED) is 0.795. The van der Waals surface area contributed by atoms with E-state index in [-0.39, 0.29) is 23.7 Å². The van der Waals surface area contributed by atoms with Gasteiger partial charge in [-0.25, -0.2) is 4.99 Å². The summed E-state index contributed by atoms with van der Waals surface area (Å²) in [5, 5.41) is 2.86. The number of carbonyl (C=O) groups is 2. The molecule has 152 valence electrons. The van der Waals surface area contributed by atoms with Gasteiger partial charge in [0.15, 0.2) is 11.5 Å². The van der Waals surface area contributed by atoms with Gasteiger partial charge in [0, 0.05) is 23.3 Å². The van der Waals surface area contributed by atoms with E-state index < -0.39 is 0 Å². The molecule has 29 heavy (non-hydrogen) atoms. The Balaban J connectivity index is 1.85. The maximum atomic E-state index is 12.7. The summed E-state index contributed by atoms with van der Waals surface area (Å²) in [5.41, 5.74) is 2.71. The smallest absolute Gasteiger partial charge is 0.277 e. The molecule has 1 aromatic rings. The van der Waals surface area contributed by atoms with E-state index in [0.29, 0.717) is 36.0 Å². The monoisotopic (exact) mass is 394 g/mol. The second kappa shape index (κ2) is 8.90. The lowest BCUT2D eigenvalue weighted by molar-refractivity contribution is -0.116. The number of hydrogen-bond acceptors (Lipinski definition) is 4. The van der Waals surface area contributed by atoms with E-state index in [1.54, 1.807) is 30.4 Å². The second-order valence-corrected chi connectivity index (χ2v) is 7.09. The van der Waals surface area contributed by atoms with Crippen LogP contribution in [0.2, 0.25) is 0 Å². The van der Waals surface area contributed by atoms with Crippen LogP contribution in [0.1, 0.15) is 38.1 Å². The summed E-state index contributed by atoms with van der Waals surface area (Å²) >= 11 is 0. The molecule has 1 unspecified atom stereocenters. The van der Waals surface area contributed by atoms with Crippen molar-refractivity contribution in [1.29, 1.82) is 0 Å². The van der Waals surface area contributed by atoms with Crippen LogP contribution >= 0.6 is 0 Å². The number of ether oxygens (including phenoxy) is 2. The van der Waals surface area contributed by atoms with Gasteiger partial charge in [0.05, 0.1) is 18.9 Å². The molecule has 2 amide bonds. The Labute approximate surface area is 171 Å². The van der Waals surface area contributed by atoms with E-state index in [4.69, 9.17) is 9.47 Å². The highest BCUT2D eigenvalue weighted by Crippen LogP contribution is 2.32. The van der Waals surface area contributed by atoms with Gasteiger partial charge in [0.25, 0.3) is 5.91 Å². The standard InChI is InChI=1S/C23H26N2O4/c1-5-28-20-10-7-15(11-21(20)29-6-2)23(27)24-16-8-9-17-18(14(3)4)13-22(26)25-19(17)12-16/h7-14,17H,5-6H2,1-4H3,(H,25,26). The van der Waals surface area contributed by atoms with Crippen LogP contribution in [0.15, 0.2) is 58.8 Å². The molecule has 1 atom stereocenters. The van der Waals surface area contributed by atoms with Gasteiger partial charge in [-0.2, -0.15) is 0 Å². The number of aliphatic imine (C=N–C) groups is 1. The summed E-state index contributed by atoms with van der Waals surface area (Å²) in [5.74, 6) is 0.843. The molecule has 0 saturated heterocycles. The summed E-state index contributed by atoms with van der Waals surface area (Å²) in [6.07, 6.45) is 7.20. The van der Waals surface area contributed by atoms with Gasteiger partial charge >= 0.3 is 0 Å². The number of hydrogen-bond donors (Lipinski definition) is 1. The third-order valence-electron chi connectivity index (χ3n) is 4.71. The number of nitrogens with zero attached hydrogens (tertiary/aromatic N) is 1. The zero-order valence-electron chi connectivity index (χ0n) is 17.2. The Morgan fingerprint density at radius 1 is 1.14 bits per heavy atom. The predicted octanol–water partition coefficient (Wildman–Crippen LogP) is 3.85. The molecule has 1 N–H and O–H groups in total. The van der Waals surface area contributed by atoms with Crippen LogP contribution < -0.4 is 14.8 Å². The fraction of sp³-hybridized carbons (Fsp3) is 0.348. The first-order valence-corrected chi connectivity index (χ1v) is 9.87. The molecule has 0 fully saturated rings.